The average Bonchev–Trinajstić information content (AvgIpc) is 2.72. The molecule has 144 valence electrons. The zero-order valence-electron chi connectivity index (χ0n) is 16.2. The van der Waals surface area contributed by atoms with Crippen molar-refractivity contribution in [3.05, 3.63) is 65.6 Å². The highest BCUT2D eigenvalue weighted by Gasteiger charge is 2.13. The number of anilines is 3. The number of methoxy groups -OCH3 is 2. The summed E-state index contributed by atoms with van der Waals surface area (Å²) in [6.45, 7) is 4.09. The normalized spacial score (nSPS) is 10.3. The number of hydrogen-bond donors (Lipinski definition) is 2. The Labute approximate surface area is 163 Å². The zero-order chi connectivity index (χ0) is 20.1. The number of ether oxygens (including phenoxy) is 2. The number of aryl methyl sites for hydroxylation is 1. The number of carbonyl (C=O) groups excluding carboxylic acids is 1. The fraction of sp³-hybridized carbons (Fsp3) is 0.190. The number of hydrogen-bond acceptors (Lipinski definition) is 6. The topological polar surface area (TPSA) is 85.4 Å². The molecule has 3 rings (SSSR count). The molecule has 2 N–H and O–H groups in total. The van der Waals surface area contributed by atoms with E-state index in [9.17, 15) is 4.79 Å². The van der Waals surface area contributed by atoms with Crippen molar-refractivity contribution in [1.29, 1.82) is 0 Å². The number of rotatable bonds is 6. The second-order valence-corrected chi connectivity index (χ2v) is 6.18. The third-order valence-corrected chi connectivity index (χ3v) is 4.41. The van der Waals surface area contributed by atoms with Crippen LogP contribution in [0.15, 0.2) is 48.8 Å². The summed E-state index contributed by atoms with van der Waals surface area (Å²) >= 11 is 0. The minimum Gasteiger partial charge on any atom is -0.497 e. The number of benzene rings is 2. The van der Waals surface area contributed by atoms with Crippen molar-refractivity contribution in [3.63, 3.8) is 0 Å². The van der Waals surface area contributed by atoms with Gasteiger partial charge in [0.05, 0.1) is 32.3 Å². The van der Waals surface area contributed by atoms with Crippen LogP contribution in [0.1, 0.15) is 21.6 Å². The summed E-state index contributed by atoms with van der Waals surface area (Å²) in [4.78, 5) is 21.0. The highest BCUT2D eigenvalue weighted by atomic mass is 16.5. The van der Waals surface area contributed by atoms with E-state index in [1.165, 1.54) is 25.1 Å². The van der Waals surface area contributed by atoms with Gasteiger partial charge in [0.15, 0.2) is 0 Å². The van der Waals surface area contributed by atoms with Gasteiger partial charge in [0.2, 0.25) is 0 Å². The van der Waals surface area contributed by atoms with E-state index in [0.717, 1.165) is 11.3 Å². The summed E-state index contributed by atoms with van der Waals surface area (Å²) < 4.78 is 10.4. The Kier molecular flexibility index (Phi) is 5.74. The van der Waals surface area contributed by atoms with Gasteiger partial charge in [-0.15, -0.1) is 0 Å². The summed E-state index contributed by atoms with van der Waals surface area (Å²) in [5, 5.41) is 5.99. The first-order valence-corrected chi connectivity index (χ1v) is 8.70. The maximum atomic E-state index is 12.5. The van der Waals surface area contributed by atoms with Crippen LogP contribution in [0.3, 0.4) is 0 Å². The van der Waals surface area contributed by atoms with E-state index in [2.05, 4.69) is 20.6 Å². The van der Waals surface area contributed by atoms with Crippen molar-refractivity contribution >= 4 is 23.1 Å². The lowest BCUT2D eigenvalue weighted by atomic mass is 10.1. The molecule has 1 aromatic heterocycles. The molecule has 0 bridgehead atoms. The fourth-order valence-electron chi connectivity index (χ4n) is 2.62. The highest BCUT2D eigenvalue weighted by Crippen LogP contribution is 2.29. The Morgan fingerprint density at radius 3 is 2.46 bits per heavy atom. The predicted molar refractivity (Wildman–Crippen MR) is 109 cm³/mol. The van der Waals surface area contributed by atoms with Gasteiger partial charge in [-0.25, -0.2) is 9.97 Å². The standard InChI is InChI=1S/C21H22N4O3/c1-13-6-5-7-16(14(13)2)24-20-12-22-18(11-23-20)21(26)25-17-9-8-15(27-3)10-19(17)28-4/h5-12H,1-4H3,(H,23,24)(H,25,26). The number of nitrogens with zero attached hydrogens (tertiary/aromatic N) is 2. The quantitative estimate of drug-likeness (QED) is 0.671. The molecule has 0 aliphatic heterocycles. The summed E-state index contributed by atoms with van der Waals surface area (Å²) in [5.41, 5.74) is 3.99. The number of carbonyl (C=O) groups is 1. The molecule has 0 atom stereocenters. The average molecular weight is 378 g/mol. The van der Waals surface area contributed by atoms with Crippen molar-refractivity contribution in [3.8, 4) is 11.5 Å². The molecule has 28 heavy (non-hydrogen) atoms. The molecule has 7 heteroatoms. The smallest absolute Gasteiger partial charge is 0.275 e. The van der Waals surface area contributed by atoms with E-state index in [1.54, 1.807) is 25.3 Å². The van der Waals surface area contributed by atoms with E-state index < -0.39 is 0 Å². The van der Waals surface area contributed by atoms with Gasteiger partial charge in [-0.2, -0.15) is 0 Å². The molecule has 0 aliphatic carbocycles. The summed E-state index contributed by atoms with van der Waals surface area (Å²) in [6, 6.07) is 11.1. The molecule has 2 aromatic carbocycles. The number of aromatic nitrogens is 2. The van der Waals surface area contributed by atoms with Crippen molar-refractivity contribution in [2.75, 3.05) is 24.9 Å². The Balaban J connectivity index is 1.73. The molecule has 0 saturated heterocycles. The molecule has 0 unspecified atom stereocenters. The van der Waals surface area contributed by atoms with E-state index in [-0.39, 0.29) is 11.6 Å². The van der Waals surface area contributed by atoms with E-state index in [0.29, 0.717) is 23.0 Å². The minimum atomic E-state index is -0.380. The van der Waals surface area contributed by atoms with Gasteiger partial charge in [-0.1, -0.05) is 12.1 Å². The van der Waals surface area contributed by atoms with Crippen LogP contribution in [0.2, 0.25) is 0 Å². The molecular weight excluding hydrogens is 356 g/mol. The van der Waals surface area contributed by atoms with Crippen molar-refractivity contribution in [2.45, 2.75) is 13.8 Å². The van der Waals surface area contributed by atoms with Gasteiger partial charge < -0.3 is 20.1 Å². The first-order chi connectivity index (χ1) is 13.5. The lowest BCUT2D eigenvalue weighted by Crippen LogP contribution is -2.15. The maximum Gasteiger partial charge on any atom is 0.275 e. The second-order valence-electron chi connectivity index (χ2n) is 6.18. The predicted octanol–water partition coefficient (Wildman–Crippen LogP) is 4.11. The van der Waals surface area contributed by atoms with E-state index in [1.807, 2.05) is 32.0 Å². The third-order valence-electron chi connectivity index (χ3n) is 4.41. The Bertz CT molecular complexity index is 987. The minimum absolute atomic E-state index is 0.199. The molecule has 0 saturated carbocycles. The fourth-order valence-corrected chi connectivity index (χ4v) is 2.62. The highest BCUT2D eigenvalue weighted by molar-refractivity contribution is 6.03. The van der Waals surface area contributed by atoms with Crippen LogP contribution < -0.4 is 20.1 Å². The van der Waals surface area contributed by atoms with Crippen LogP contribution in [0.5, 0.6) is 11.5 Å². The van der Waals surface area contributed by atoms with Crippen LogP contribution in [0.4, 0.5) is 17.2 Å². The first kappa shape index (κ1) is 19.2. The lowest BCUT2D eigenvalue weighted by Gasteiger charge is -2.12. The van der Waals surface area contributed by atoms with Gasteiger partial charge in [0.25, 0.3) is 5.91 Å². The number of nitrogens with one attached hydrogen (secondary N) is 2. The van der Waals surface area contributed by atoms with E-state index >= 15 is 0 Å². The molecule has 1 amide bonds. The second kappa shape index (κ2) is 8.39. The molecule has 0 fully saturated rings. The van der Waals surface area contributed by atoms with Gasteiger partial charge in [0, 0.05) is 11.8 Å². The Morgan fingerprint density at radius 1 is 0.964 bits per heavy atom. The Hall–Kier alpha value is -3.61. The molecule has 3 aromatic rings. The summed E-state index contributed by atoms with van der Waals surface area (Å²) in [6.07, 6.45) is 2.96. The van der Waals surface area contributed by atoms with Gasteiger partial charge in [-0.3, -0.25) is 4.79 Å². The molecule has 0 aliphatic rings. The summed E-state index contributed by atoms with van der Waals surface area (Å²) in [5.74, 6) is 1.31. The summed E-state index contributed by atoms with van der Waals surface area (Å²) in [7, 11) is 3.09. The number of amides is 1. The third kappa shape index (κ3) is 4.20. The molecular formula is C21H22N4O3. The van der Waals surface area contributed by atoms with Crippen LogP contribution in [0, 0.1) is 13.8 Å². The molecule has 7 nitrogen and oxygen atoms in total. The monoisotopic (exact) mass is 378 g/mol. The van der Waals surface area contributed by atoms with Crippen molar-refractivity contribution < 1.29 is 14.3 Å². The van der Waals surface area contributed by atoms with Gasteiger partial charge in [0.1, 0.15) is 23.0 Å². The Morgan fingerprint density at radius 2 is 1.79 bits per heavy atom. The SMILES string of the molecule is COc1ccc(NC(=O)c2cnc(Nc3cccc(C)c3C)cn2)c(OC)c1. The molecule has 1 heterocycles. The van der Waals surface area contributed by atoms with E-state index in [4.69, 9.17) is 9.47 Å². The largest absolute Gasteiger partial charge is 0.497 e. The van der Waals surface area contributed by atoms with Crippen LogP contribution in [-0.2, 0) is 0 Å². The zero-order valence-corrected chi connectivity index (χ0v) is 16.2. The van der Waals surface area contributed by atoms with Gasteiger partial charge >= 0.3 is 0 Å². The van der Waals surface area contributed by atoms with Crippen LogP contribution in [0.25, 0.3) is 0 Å². The van der Waals surface area contributed by atoms with Gasteiger partial charge in [-0.05, 0) is 43.2 Å². The van der Waals surface area contributed by atoms with Crippen LogP contribution >= 0.6 is 0 Å². The lowest BCUT2D eigenvalue weighted by molar-refractivity contribution is 0.102. The van der Waals surface area contributed by atoms with Crippen LogP contribution in [-0.4, -0.2) is 30.1 Å². The van der Waals surface area contributed by atoms with Crippen molar-refractivity contribution in [2.24, 2.45) is 0 Å². The maximum absolute atomic E-state index is 12.5. The van der Waals surface area contributed by atoms with Crippen molar-refractivity contribution in [1.82, 2.24) is 9.97 Å². The molecule has 0 radical (unpaired) electrons. The molecule has 0 spiro atoms. The first-order valence-electron chi connectivity index (χ1n) is 8.70.